The van der Waals surface area contributed by atoms with Gasteiger partial charge >= 0.3 is 0 Å². The average Bonchev–Trinajstić information content (AvgIpc) is 2.12. The van der Waals surface area contributed by atoms with Crippen molar-refractivity contribution >= 4 is 11.6 Å². The lowest BCUT2D eigenvalue weighted by Crippen LogP contribution is -2.26. The maximum Gasteiger partial charge on any atom is 0.143 e. The van der Waals surface area contributed by atoms with Crippen LogP contribution in [0, 0.1) is 25.2 Å². The standard InChI is InChI=1S/C12H18O2/c1-6-12(5,11(4)14)8-7-9(2)10(3)13/h3-4,9H,6-8H2,1-2,5H3. The molecule has 0 saturated carbocycles. The van der Waals surface area contributed by atoms with Crippen molar-refractivity contribution in [2.45, 2.75) is 40.0 Å². The van der Waals surface area contributed by atoms with Gasteiger partial charge in [-0.1, -0.05) is 20.8 Å². The zero-order valence-corrected chi connectivity index (χ0v) is 9.17. The summed E-state index contributed by atoms with van der Waals surface area (Å²) >= 11 is 0. The fourth-order valence-corrected chi connectivity index (χ4v) is 1.15. The molecule has 0 aromatic carbocycles. The fraction of sp³-hybridized carbons (Fsp3) is 0.667. The van der Waals surface area contributed by atoms with Gasteiger partial charge in [-0.05, 0) is 19.3 Å². The number of Topliss-reactive ketones (excluding diaryl/α,β-unsaturated/α-hetero) is 2. The first-order valence-electron chi connectivity index (χ1n) is 4.92. The molecule has 0 aliphatic rings. The van der Waals surface area contributed by atoms with Crippen molar-refractivity contribution in [2.75, 3.05) is 0 Å². The summed E-state index contributed by atoms with van der Waals surface area (Å²) in [6, 6.07) is 0. The van der Waals surface area contributed by atoms with Crippen LogP contribution >= 0.6 is 0 Å². The van der Waals surface area contributed by atoms with E-state index in [1.807, 2.05) is 13.8 Å². The topological polar surface area (TPSA) is 34.1 Å². The predicted molar refractivity (Wildman–Crippen MR) is 55.4 cm³/mol. The van der Waals surface area contributed by atoms with Crippen LogP contribution in [0.1, 0.15) is 40.0 Å². The van der Waals surface area contributed by atoms with E-state index < -0.39 is 5.41 Å². The molecule has 0 aromatic heterocycles. The van der Waals surface area contributed by atoms with Crippen LogP contribution in [0.3, 0.4) is 0 Å². The Hall–Kier alpha value is -0.660. The summed E-state index contributed by atoms with van der Waals surface area (Å²) in [4.78, 5) is 21.9. The first kappa shape index (κ1) is 13.3. The number of hydrogen-bond acceptors (Lipinski definition) is 2. The Morgan fingerprint density at radius 1 is 1.36 bits per heavy atom. The molecule has 0 amide bonds. The molecule has 2 heteroatoms. The highest BCUT2D eigenvalue weighted by atomic mass is 16.1. The molecule has 0 rings (SSSR count). The second kappa shape index (κ2) is 5.28. The fourth-order valence-electron chi connectivity index (χ4n) is 1.15. The van der Waals surface area contributed by atoms with Crippen LogP contribution in [-0.2, 0) is 9.59 Å². The third kappa shape index (κ3) is 3.60. The van der Waals surface area contributed by atoms with Crippen molar-refractivity contribution < 1.29 is 9.59 Å². The number of carbonyl (C=O) groups excluding carboxylic acids is 2. The zero-order chi connectivity index (χ0) is 11.4. The molecule has 0 aliphatic heterocycles. The highest BCUT2D eigenvalue weighted by Crippen LogP contribution is 2.30. The molecule has 0 fully saturated rings. The van der Waals surface area contributed by atoms with E-state index in [2.05, 4.69) is 0 Å². The Kier molecular flexibility index (Phi) is 5.03. The van der Waals surface area contributed by atoms with Crippen molar-refractivity contribution in [3.63, 3.8) is 0 Å². The van der Waals surface area contributed by atoms with Gasteiger partial charge < -0.3 is 0 Å². The molecule has 0 aromatic rings. The van der Waals surface area contributed by atoms with E-state index in [-0.39, 0.29) is 17.5 Å². The summed E-state index contributed by atoms with van der Waals surface area (Å²) in [5.74, 6) is -0.829. The van der Waals surface area contributed by atoms with E-state index in [0.29, 0.717) is 19.3 Å². The summed E-state index contributed by atoms with van der Waals surface area (Å²) in [6.07, 6.45) is 1.92. The molecule has 0 heterocycles. The molecule has 2 unspecified atom stereocenters. The minimum absolute atomic E-state index is 0.194. The van der Waals surface area contributed by atoms with Crippen molar-refractivity contribution in [1.29, 1.82) is 0 Å². The summed E-state index contributed by atoms with van der Waals surface area (Å²) < 4.78 is 0. The van der Waals surface area contributed by atoms with Crippen LogP contribution in [0.15, 0.2) is 0 Å². The lowest BCUT2D eigenvalue weighted by atomic mass is 9.77. The molecule has 0 bridgehead atoms. The van der Waals surface area contributed by atoms with Gasteiger partial charge in [0.1, 0.15) is 11.6 Å². The van der Waals surface area contributed by atoms with Gasteiger partial charge in [0, 0.05) is 25.2 Å². The molecule has 0 saturated heterocycles. The van der Waals surface area contributed by atoms with Crippen LogP contribution in [0.2, 0.25) is 0 Å². The maximum atomic E-state index is 11.1. The molecule has 2 atom stereocenters. The SMILES string of the molecule is [CH]C(=O)C(C)CCC(C)(CC)C([CH])=O. The van der Waals surface area contributed by atoms with Crippen LogP contribution < -0.4 is 0 Å². The number of hydrogen-bond donors (Lipinski definition) is 0. The Labute approximate surface area is 87.1 Å². The van der Waals surface area contributed by atoms with Crippen molar-refractivity contribution in [3.8, 4) is 0 Å². The first-order chi connectivity index (χ1) is 6.33. The van der Waals surface area contributed by atoms with E-state index in [0.717, 1.165) is 0 Å². The van der Waals surface area contributed by atoms with Crippen LogP contribution in [0.25, 0.3) is 0 Å². The van der Waals surface area contributed by atoms with Gasteiger partial charge in [0.05, 0.1) is 0 Å². The van der Waals surface area contributed by atoms with E-state index in [1.54, 1.807) is 6.92 Å². The Morgan fingerprint density at radius 3 is 2.14 bits per heavy atom. The highest BCUT2D eigenvalue weighted by Gasteiger charge is 2.28. The first-order valence-corrected chi connectivity index (χ1v) is 4.92. The van der Waals surface area contributed by atoms with E-state index in [1.165, 1.54) is 0 Å². The van der Waals surface area contributed by atoms with Gasteiger partial charge in [0.2, 0.25) is 0 Å². The summed E-state index contributed by atoms with van der Waals surface area (Å²) in [5, 5.41) is 0. The number of rotatable bonds is 6. The molecule has 0 N–H and O–H groups in total. The van der Waals surface area contributed by atoms with E-state index in [4.69, 9.17) is 13.8 Å². The average molecular weight is 194 g/mol. The summed E-state index contributed by atoms with van der Waals surface area (Å²) in [6.45, 7) is 15.9. The van der Waals surface area contributed by atoms with E-state index in [9.17, 15) is 9.59 Å². The van der Waals surface area contributed by atoms with Gasteiger partial charge in [-0.15, -0.1) is 0 Å². The Balaban J connectivity index is 4.21. The second-order valence-corrected chi connectivity index (χ2v) is 4.12. The molecule has 78 valence electrons. The third-order valence-electron chi connectivity index (χ3n) is 2.99. The smallest absolute Gasteiger partial charge is 0.143 e. The van der Waals surface area contributed by atoms with Crippen LogP contribution in [-0.4, -0.2) is 11.6 Å². The van der Waals surface area contributed by atoms with Gasteiger partial charge in [0.25, 0.3) is 0 Å². The molecule has 4 radical (unpaired) electrons. The van der Waals surface area contributed by atoms with Crippen molar-refractivity contribution in [2.24, 2.45) is 11.3 Å². The molecule has 0 spiro atoms. The van der Waals surface area contributed by atoms with Crippen molar-refractivity contribution in [1.82, 2.24) is 0 Å². The largest absolute Gasteiger partial charge is 0.299 e. The summed E-state index contributed by atoms with van der Waals surface area (Å²) in [5.41, 5.74) is -0.510. The normalized spacial score (nSPS) is 17.2. The minimum Gasteiger partial charge on any atom is -0.299 e. The molecule has 2 nitrogen and oxygen atoms in total. The van der Waals surface area contributed by atoms with Gasteiger partial charge in [-0.25, -0.2) is 0 Å². The van der Waals surface area contributed by atoms with Crippen molar-refractivity contribution in [3.05, 3.63) is 13.8 Å². The number of carbonyl (C=O) groups is 2. The summed E-state index contributed by atoms with van der Waals surface area (Å²) in [7, 11) is 0. The number of ketones is 2. The third-order valence-corrected chi connectivity index (χ3v) is 2.99. The zero-order valence-electron chi connectivity index (χ0n) is 9.17. The van der Waals surface area contributed by atoms with Crippen LogP contribution in [0.5, 0.6) is 0 Å². The lowest BCUT2D eigenvalue weighted by Gasteiger charge is -2.25. The maximum absolute atomic E-state index is 11.1. The molecular formula is C12H18O2. The van der Waals surface area contributed by atoms with Gasteiger partial charge in [-0.2, -0.15) is 0 Å². The molecule has 14 heavy (non-hydrogen) atoms. The second-order valence-electron chi connectivity index (χ2n) is 4.12. The van der Waals surface area contributed by atoms with Gasteiger partial charge in [-0.3, -0.25) is 9.59 Å². The van der Waals surface area contributed by atoms with Gasteiger partial charge in [0.15, 0.2) is 0 Å². The lowest BCUT2D eigenvalue weighted by molar-refractivity contribution is -0.125. The monoisotopic (exact) mass is 194 g/mol. The quantitative estimate of drug-likeness (QED) is 0.650. The molecular weight excluding hydrogens is 176 g/mol. The Bertz CT molecular complexity index is 220. The van der Waals surface area contributed by atoms with E-state index >= 15 is 0 Å². The molecule has 0 aliphatic carbocycles. The minimum atomic E-state index is -0.510. The Morgan fingerprint density at radius 2 is 1.86 bits per heavy atom. The predicted octanol–water partition coefficient (Wildman–Crippen LogP) is 2.38. The van der Waals surface area contributed by atoms with Crippen LogP contribution in [0.4, 0.5) is 0 Å². The highest BCUT2D eigenvalue weighted by molar-refractivity contribution is 5.88.